The van der Waals surface area contributed by atoms with Crippen molar-refractivity contribution in [2.24, 2.45) is 0 Å². The number of carbonyl (C=O) groups is 1. The number of fused-ring (bicyclic) bond motifs is 1. The summed E-state index contributed by atoms with van der Waals surface area (Å²) in [5.41, 5.74) is 0. The van der Waals surface area contributed by atoms with Gasteiger partial charge in [-0.05, 0) is 19.4 Å². The van der Waals surface area contributed by atoms with Crippen LogP contribution in [-0.2, 0) is 4.79 Å². The summed E-state index contributed by atoms with van der Waals surface area (Å²) in [6.07, 6.45) is -2.03. The number of aliphatic carboxylic acids is 1. The van der Waals surface area contributed by atoms with Gasteiger partial charge in [-0.2, -0.15) is 0 Å². The molecule has 0 spiro atoms. The van der Waals surface area contributed by atoms with Crippen molar-refractivity contribution in [2.45, 2.75) is 43.2 Å². The third-order valence-corrected chi connectivity index (χ3v) is 3.33. The summed E-state index contributed by atoms with van der Waals surface area (Å²) < 4.78 is 0. The third-order valence-electron chi connectivity index (χ3n) is 3.33. The fraction of sp³-hybridized carbons (Fsp3) is 0.889. The van der Waals surface area contributed by atoms with Gasteiger partial charge in [0.15, 0.2) is 0 Å². The highest BCUT2D eigenvalue weighted by Crippen LogP contribution is 2.32. The highest BCUT2D eigenvalue weighted by atomic mass is 16.4. The normalized spacial score (nSPS) is 46.5. The van der Waals surface area contributed by atoms with Gasteiger partial charge in [-0.3, -0.25) is 9.69 Å². The van der Waals surface area contributed by atoms with Gasteiger partial charge in [-0.25, -0.2) is 0 Å². The van der Waals surface area contributed by atoms with Crippen LogP contribution in [0.1, 0.15) is 12.8 Å². The van der Waals surface area contributed by atoms with Crippen LogP contribution in [0.4, 0.5) is 0 Å². The number of hydrogen-bond donors (Lipinski definition) is 4. The molecular formula is C9H15NO5. The summed E-state index contributed by atoms with van der Waals surface area (Å²) in [6.45, 7) is 0.493. The molecule has 0 saturated carbocycles. The average Bonchev–Trinajstić information content (AvgIpc) is 2.41. The Bertz CT molecular complexity index is 271. The van der Waals surface area contributed by atoms with Crippen LogP contribution in [0.5, 0.6) is 0 Å². The van der Waals surface area contributed by atoms with Gasteiger partial charge in [0, 0.05) is 0 Å². The van der Waals surface area contributed by atoms with Crippen molar-refractivity contribution in [3.05, 3.63) is 0 Å². The number of piperidine rings is 1. The zero-order valence-electron chi connectivity index (χ0n) is 8.15. The van der Waals surface area contributed by atoms with Crippen molar-refractivity contribution >= 4 is 5.97 Å². The van der Waals surface area contributed by atoms with E-state index in [1.807, 2.05) is 0 Å². The lowest BCUT2D eigenvalue weighted by Gasteiger charge is -2.36. The number of hydrogen-bond acceptors (Lipinski definition) is 5. The highest BCUT2D eigenvalue weighted by molar-refractivity contribution is 5.75. The van der Waals surface area contributed by atoms with Gasteiger partial charge >= 0.3 is 5.97 Å². The van der Waals surface area contributed by atoms with Crippen LogP contribution in [-0.4, -0.2) is 68.2 Å². The molecule has 15 heavy (non-hydrogen) atoms. The van der Waals surface area contributed by atoms with E-state index in [1.54, 1.807) is 0 Å². The van der Waals surface area contributed by atoms with Crippen LogP contribution in [0.15, 0.2) is 0 Å². The number of aliphatic hydroxyl groups excluding tert-OH is 3. The molecule has 86 valence electrons. The Kier molecular flexibility index (Phi) is 2.68. The van der Waals surface area contributed by atoms with E-state index in [1.165, 1.54) is 4.90 Å². The Balaban J connectivity index is 2.26. The first-order valence-corrected chi connectivity index (χ1v) is 5.07. The summed E-state index contributed by atoms with van der Waals surface area (Å²) in [5.74, 6) is -1.15. The zero-order valence-corrected chi connectivity index (χ0v) is 8.15. The van der Waals surface area contributed by atoms with Crippen molar-refractivity contribution in [1.82, 2.24) is 4.90 Å². The van der Waals surface area contributed by atoms with E-state index in [-0.39, 0.29) is 0 Å². The van der Waals surface area contributed by atoms with Crippen LogP contribution in [0.25, 0.3) is 0 Å². The molecule has 0 aromatic heterocycles. The maximum Gasteiger partial charge on any atom is 0.323 e. The molecule has 0 aromatic rings. The van der Waals surface area contributed by atoms with Gasteiger partial charge in [-0.1, -0.05) is 0 Å². The molecule has 6 nitrogen and oxygen atoms in total. The van der Waals surface area contributed by atoms with Gasteiger partial charge in [0.1, 0.15) is 18.2 Å². The van der Waals surface area contributed by atoms with E-state index in [0.29, 0.717) is 19.4 Å². The quantitative estimate of drug-likeness (QED) is 0.405. The first kappa shape index (κ1) is 10.8. The van der Waals surface area contributed by atoms with Crippen molar-refractivity contribution in [3.63, 3.8) is 0 Å². The predicted octanol–water partition coefficient (Wildman–Crippen LogP) is -2.00. The van der Waals surface area contributed by atoms with Gasteiger partial charge < -0.3 is 20.4 Å². The maximum atomic E-state index is 10.9. The summed E-state index contributed by atoms with van der Waals surface area (Å²) in [5, 5.41) is 37.9. The molecule has 2 fully saturated rings. The molecule has 2 rings (SSSR count). The average molecular weight is 217 g/mol. The maximum absolute atomic E-state index is 10.9. The first-order chi connectivity index (χ1) is 7.04. The molecule has 6 heteroatoms. The third kappa shape index (κ3) is 1.53. The lowest BCUT2D eigenvalue weighted by Crippen LogP contribution is -2.52. The van der Waals surface area contributed by atoms with Gasteiger partial charge in [-0.15, -0.1) is 0 Å². The van der Waals surface area contributed by atoms with Gasteiger partial charge in [0.25, 0.3) is 0 Å². The van der Waals surface area contributed by atoms with E-state index < -0.39 is 36.4 Å². The molecule has 0 bridgehead atoms. The second-order valence-electron chi connectivity index (χ2n) is 4.20. The standard InChI is InChI=1S/C9H15NO5/c11-4-2-1-3-10-5(4)7(12)8(13)6(10)9(14)15/h4-8,11-13H,1-3H2,(H,14,15)/t4-,5-,6?,7+,8-/m1/s1. The molecule has 5 atom stereocenters. The summed E-state index contributed by atoms with van der Waals surface area (Å²) in [4.78, 5) is 12.4. The van der Waals surface area contributed by atoms with Crippen molar-refractivity contribution < 1.29 is 25.2 Å². The minimum absolute atomic E-state index is 0.493. The fourth-order valence-corrected chi connectivity index (χ4v) is 2.65. The zero-order chi connectivity index (χ0) is 11.2. The topological polar surface area (TPSA) is 101 Å². The fourth-order valence-electron chi connectivity index (χ4n) is 2.65. The smallest absolute Gasteiger partial charge is 0.323 e. The first-order valence-electron chi connectivity index (χ1n) is 5.07. The molecule has 4 N–H and O–H groups in total. The largest absolute Gasteiger partial charge is 0.480 e. The number of aliphatic hydroxyl groups is 3. The van der Waals surface area contributed by atoms with Crippen LogP contribution < -0.4 is 0 Å². The minimum atomic E-state index is -1.32. The molecule has 0 aliphatic carbocycles. The van der Waals surface area contributed by atoms with Gasteiger partial charge in [0.2, 0.25) is 0 Å². The summed E-state index contributed by atoms with van der Waals surface area (Å²) in [7, 11) is 0. The molecule has 0 amide bonds. The van der Waals surface area contributed by atoms with E-state index in [4.69, 9.17) is 5.11 Å². The van der Waals surface area contributed by atoms with Crippen LogP contribution in [0.2, 0.25) is 0 Å². The lowest BCUT2D eigenvalue weighted by molar-refractivity contribution is -0.146. The van der Waals surface area contributed by atoms with E-state index in [9.17, 15) is 20.1 Å². The molecule has 2 saturated heterocycles. The Morgan fingerprint density at radius 2 is 1.87 bits per heavy atom. The SMILES string of the molecule is O=C(O)C1[C@@H](O)[C@@H](O)[C@H]2[C@H](O)CCCN12. The summed E-state index contributed by atoms with van der Waals surface area (Å²) in [6, 6.07) is -1.74. The number of carboxylic acid groups (broad SMARTS) is 1. The molecule has 2 heterocycles. The van der Waals surface area contributed by atoms with E-state index in [2.05, 4.69) is 0 Å². The van der Waals surface area contributed by atoms with Gasteiger partial charge in [0.05, 0.1) is 12.1 Å². The van der Waals surface area contributed by atoms with E-state index in [0.717, 1.165) is 0 Å². The highest BCUT2D eigenvalue weighted by Gasteiger charge is 2.54. The Morgan fingerprint density at radius 1 is 1.20 bits per heavy atom. The second kappa shape index (κ2) is 3.71. The second-order valence-corrected chi connectivity index (χ2v) is 4.20. The number of rotatable bonds is 1. The van der Waals surface area contributed by atoms with Crippen LogP contribution in [0, 0.1) is 0 Å². The molecule has 2 aliphatic rings. The van der Waals surface area contributed by atoms with Crippen molar-refractivity contribution in [2.75, 3.05) is 6.54 Å². The minimum Gasteiger partial charge on any atom is -0.480 e. The Hall–Kier alpha value is -0.690. The molecule has 0 radical (unpaired) electrons. The number of nitrogens with zero attached hydrogens (tertiary/aromatic N) is 1. The Labute approximate surface area is 86.7 Å². The lowest BCUT2D eigenvalue weighted by atomic mass is 9.97. The monoisotopic (exact) mass is 217 g/mol. The van der Waals surface area contributed by atoms with Crippen molar-refractivity contribution in [3.8, 4) is 0 Å². The van der Waals surface area contributed by atoms with Crippen LogP contribution in [0.3, 0.4) is 0 Å². The molecular weight excluding hydrogens is 202 g/mol. The molecule has 0 aromatic carbocycles. The predicted molar refractivity (Wildman–Crippen MR) is 49.2 cm³/mol. The number of carboxylic acids is 1. The summed E-state index contributed by atoms with van der Waals surface area (Å²) >= 11 is 0. The van der Waals surface area contributed by atoms with E-state index >= 15 is 0 Å². The Morgan fingerprint density at radius 3 is 2.47 bits per heavy atom. The van der Waals surface area contributed by atoms with Crippen LogP contribution >= 0.6 is 0 Å². The molecule has 1 unspecified atom stereocenters. The van der Waals surface area contributed by atoms with Crippen molar-refractivity contribution in [1.29, 1.82) is 0 Å². The molecule has 2 aliphatic heterocycles.